The van der Waals surface area contributed by atoms with Gasteiger partial charge in [0.15, 0.2) is 0 Å². The minimum absolute atomic E-state index is 0.114. The third-order valence-corrected chi connectivity index (χ3v) is 3.96. The van der Waals surface area contributed by atoms with Crippen molar-refractivity contribution in [1.29, 1.82) is 0 Å². The zero-order valence-electron chi connectivity index (χ0n) is 12.6. The van der Waals surface area contributed by atoms with Crippen LogP contribution in [0.25, 0.3) is 0 Å². The summed E-state index contributed by atoms with van der Waals surface area (Å²) in [6, 6.07) is 8.78. The van der Waals surface area contributed by atoms with Crippen LogP contribution in [0, 0.1) is 5.41 Å². The maximum absolute atomic E-state index is 5.89. The van der Waals surface area contributed by atoms with Gasteiger partial charge in [-0.25, -0.2) is 0 Å². The molecule has 2 rings (SSSR count). The summed E-state index contributed by atoms with van der Waals surface area (Å²) < 4.78 is 0. The van der Waals surface area contributed by atoms with Crippen LogP contribution in [0.2, 0.25) is 0 Å². The van der Waals surface area contributed by atoms with E-state index in [1.54, 1.807) is 5.57 Å². The first-order valence-corrected chi connectivity index (χ1v) is 7.18. The van der Waals surface area contributed by atoms with E-state index in [1.165, 1.54) is 17.7 Å². The maximum Gasteiger partial charge on any atom is 0.0369 e. The van der Waals surface area contributed by atoms with Crippen molar-refractivity contribution in [3.8, 4) is 0 Å². The van der Waals surface area contributed by atoms with Crippen LogP contribution in [0.3, 0.4) is 0 Å². The molecule has 0 fully saturated rings. The van der Waals surface area contributed by atoms with Gasteiger partial charge in [0.05, 0.1) is 0 Å². The summed E-state index contributed by atoms with van der Waals surface area (Å²) in [6.07, 6.45) is 3.56. The Morgan fingerprint density at radius 1 is 1.16 bits per heavy atom. The molecule has 0 unspecified atom stereocenters. The molecule has 0 aliphatic carbocycles. The van der Waals surface area contributed by atoms with Crippen molar-refractivity contribution >= 4 is 5.69 Å². The van der Waals surface area contributed by atoms with Crippen LogP contribution in [0.15, 0.2) is 35.9 Å². The van der Waals surface area contributed by atoms with E-state index in [1.807, 2.05) is 6.92 Å². The molecule has 0 saturated heterocycles. The third kappa shape index (κ3) is 3.38. The topological polar surface area (TPSA) is 29.3 Å². The highest BCUT2D eigenvalue weighted by Crippen LogP contribution is 2.31. The summed E-state index contributed by atoms with van der Waals surface area (Å²) in [5.41, 5.74) is 10.3. The van der Waals surface area contributed by atoms with Gasteiger partial charge in [0.25, 0.3) is 0 Å². The number of hydrogen-bond acceptors (Lipinski definition) is 2. The molecular formula is C17H26N2. The van der Waals surface area contributed by atoms with Crippen molar-refractivity contribution in [3.05, 3.63) is 41.5 Å². The molecule has 0 radical (unpaired) electrons. The van der Waals surface area contributed by atoms with Crippen LogP contribution < -0.4 is 10.6 Å². The summed E-state index contributed by atoms with van der Waals surface area (Å²) in [5.74, 6) is 0. The second-order valence-electron chi connectivity index (χ2n) is 6.56. The van der Waals surface area contributed by atoms with Crippen molar-refractivity contribution in [3.63, 3.8) is 0 Å². The van der Waals surface area contributed by atoms with Gasteiger partial charge in [-0.3, -0.25) is 0 Å². The van der Waals surface area contributed by atoms with Gasteiger partial charge in [-0.05, 0) is 36.5 Å². The fourth-order valence-electron chi connectivity index (χ4n) is 2.57. The highest BCUT2D eigenvalue weighted by molar-refractivity contribution is 5.49. The van der Waals surface area contributed by atoms with Crippen LogP contribution in [0.4, 0.5) is 5.69 Å². The Morgan fingerprint density at radius 3 is 2.21 bits per heavy atom. The van der Waals surface area contributed by atoms with Crippen LogP contribution in [-0.4, -0.2) is 13.1 Å². The van der Waals surface area contributed by atoms with Gasteiger partial charge in [0.1, 0.15) is 0 Å². The molecule has 1 aliphatic rings. The van der Waals surface area contributed by atoms with Crippen LogP contribution in [0.5, 0.6) is 0 Å². The van der Waals surface area contributed by atoms with Crippen molar-refractivity contribution < 1.29 is 0 Å². The van der Waals surface area contributed by atoms with Gasteiger partial charge in [-0.15, -0.1) is 0 Å². The average Bonchev–Trinajstić information content (AvgIpc) is 2.38. The molecule has 1 atom stereocenters. The molecule has 0 amide bonds. The van der Waals surface area contributed by atoms with E-state index in [-0.39, 0.29) is 6.04 Å². The minimum atomic E-state index is 0.114. The molecule has 0 aromatic heterocycles. The molecule has 0 bridgehead atoms. The van der Waals surface area contributed by atoms with Crippen molar-refractivity contribution in [1.82, 2.24) is 0 Å². The normalized spacial score (nSPS) is 18.2. The molecule has 19 heavy (non-hydrogen) atoms. The van der Waals surface area contributed by atoms with Crippen molar-refractivity contribution in [2.45, 2.75) is 40.2 Å². The lowest BCUT2D eigenvalue weighted by molar-refractivity contribution is 0.472. The zero-order chi connectivity index (χ0) is 14.0. The Bertz CT molecular complexity index is 449. The van der Waals surface area contributed by atoms with Crippen molar-refractivity contribution in [2.24, 2.45) is 11.1 Å². The average molecular weight is 258 g/mol. The van der Waals surface area contributed by atoms with E-state index >= 15 is 0 Å². The maximum atomic E-state index is 5.89. The number of hydrogen-bond donors (Lipinski definition) is 1. The van der Waals surface area contributed by atoms with Gasteiger partial charge in [-0.1, -0.05) is 44.6 Å². The molecule has 1 aromatic carbocycles. The fourth-order valence-corrected chi connectivity index (χ4v) is 2.57. The monoisotopic (exact) mass is 258 g/mol. The largest absolute Gasteiger partial charge is 0.367 e. The van der Waals surface area contributed by atoms with Crippen LogP contribution in [-0.2, 0) is 0 Å². The van der Waals surface area contributed by atoms with E-state index < -0.39 is 0 Å². The third-order valence-electron chi connectivity index (χ3n) is 3.96. The first-order chi connectivity index (χ1) is 8.88. The van der Waals surface area contributed by atoms with Crippen LogP contribution >= 0.6 is 0 Å². The second-order valence-corrected chi connectivity index (χ2v) is 6.56. The molecular weight excluding hydrogens is 232 g/mol. The van der Waals surface area contributed by atoms with E-state index in [9.17, 15) is 0 Å². The molecule has 1 aliphatic heterocycles. The van der Waals surface area contributed by atoms with Gasteiger partial charge >= 0.3 is 0 Å². The lowest BCUT2D eigenvalue weighted by atomic mass is 9.83. The van der Waals surface area contributed by atoms with Gasteiger partial charge in [0.2, 0.25) is 0 Å². The highest BCUT2D eigenvalue weighted by atomic mass is 15.1. The van der Waals surface area contributed by atoms with Crippen molar-refractivity contribution in [2.75, 3.05) is 18.0 Å². The second kappa shape index (κ2) is 5.38. The number of benzene rings is 1. The number of anilines is 1. The SMILES string of the molecule is C[C@H](N)c1ccc(N2CC=C(C(C)(C)C)CC2)cc1. The first kappa shape index (κ1) is 14.1. The summed E-state index contributed by atoms with van der Waals surface area (Å²) in [7, 11) is 0. The lowest BCUT2D eigenvalue weighted by Gasteiger charge is -2.33. The fraction of sp³-hybridized carbons (Fsp3) is 0.529. The van der Waals surface area contributed by atoms with Gasteiger partial charge in [0, 0.05) is 24.8 Å². The Morgan fingerprint density at radius 2 is 1.79 bits per heavy atom. The molecule has 0 saturated carbocycles. The first-order valence-electron chi connectivity index (χ1n) is 7.18. The van der Waals surface area contributed by atoms with E-state index in [4.69, 9.17) is 5.73 Å². The Balaban J connectivity index is 2.07. The smallest absolute Gasteiger partial charge is 0.0369 e. The Hall–Kier alpha value is -1.28. The quantitative estimate of drug-likeness (QED) is 0.815. The van der Waals surface area contributed by atoms with E-state index in [0.29, 0.717) is 5.41 Å². The van der Waals surface area contributed by atoms with Crippen LogP contribution in [0.1, 0.15) is 45.7 Å². The molecule has 2 nitrogen and oxygen atoms in total. The number of nitrogens with zero attached hydrogens (tertiary/aromatic N) is 1. The van der Waals surface area contributed by atoms with E-state index in [2.05, 4.69) is 56.0 Å². The summed E-state index contributed by atoms with van der Waals surface area (Å²) in [5, 5.41) is 0. The summed E-state index contributed by atoms with van der Waals surface area (Å²) in [6.45, 7) is 11.0. The Labute approximate surface area is 117 Å². The number of rotatable bonds is 2. The molecule has 2 N–H and O–H groups in total. The standard InChI is InChI=1S/C17H26N2/c1-13(18)14-5-7-16(8-6-14)19-11-9-15(10-12-19)17(2,3)4/h5-9,13H,10-12,18H2,1-4H3/t13-/m0/s1. The lowest BCUT2D eigenvalue weighted by Crippen LogP contribution is -2.31. The molecule has 1 aromatic rings. The predicted octanol–water partition coefficient (Wildman–Crippen LogP) is 3.89. The molecule has 2 heteroatoms. The minimum Gasteiger partial charge on any atom is -0.367 e. The Kier molecular flexibility index (Phi) is 4.00. The molecule has 104 valence electrons. The summed E-state index contributed by atoms with van der Waals surface area (Å²) >= 11 is 0. The van der Waals surface area contributed by atoms with Gasteiger partial charge in [-0.2, -0.15) is 0 Å². The number of nitrogens with two attached hydrogens (primary N) is 1. The molecule has 0 spiro atoms. The highest BCUT2D eigenvalue weighted by Gasteiger charge is 2.21. The predicted molar refractivity (Wildman–Crippen MR) is 83.4 cm³/mol. The van der Waals surface area contributed by atoms with Gasteiger partial charge < -0.3 is 10.6 Å². The zero-order valence-corrected chi connectivity index (χ0v) is 12.6. The summed E-state index contributed by atoms with van der Waals surface area (Å²) in [4.78, 5) is 2.43. The molecule has 1 heterocycles. The van der Waals surface area contributed by atoms with E-state index in [0.717, 1.165) is 13.1 Å².